The number of nitrogens with zero attached hydrogens (tertiary/aromatic N) is 7. The van der Waals surface area contributed by atoms with Gasteiger partial charge in [-0.25, -0.2) is 9.37 Å². The Bertz CT molecular complexity index is 1560. The zero-order chi connectivity index (χ0) is 30.3. The van der Waals surface area contributed by atoms with Crippen LogP contribution in [0.3, 0.4) is 0 Å². The Morgan fingerprint density at radius 1 is 1.19 bits per heavy atom. The fourth-order valence-electron chi connectivity index (χ4n) is 5.64. The zero-order valence-corrected chi connectivity index (χ0v) is 25.4. The van der Waals surface area contributed by atoms with E-state index >= 15 is 4.39 Å². The predicted octanol–water partition coefficient (Wildman–Crippen LogP) is 4.07. The molecule has 3 N–H and O–H groups in total. The molecule has 3 heterocycles. The van der Waals surface area contributed by atoms with Gasteiger partial charge in [0.15, 0.2) is 5.82 Å². The number of halogens is 2. The summed E-state index contributed by atoms with van der Waals surface area (Å²) in [5.41, 5.74) is 10.8. The van der Waals surface area contributed by atoms with E-state index in [0.717, 1.165) is 25.0 Å². The molecule has 1 aromatic heterocycles. The van der Waals surface area contributed by atoms with Crippen molar-refractivity contribution in [1.29, 1.82) is 0 Å². The summed E-state index contributed by atoms with van der Waals surface area (Å²) in [6, 6.07) is 7.42. The molecule has 10 nitrogen and oxygen atoms in total. The normalized spacial score (nSPS) is 19.6. The summed E-state index contributed by atoms with van der Waals surface area (Å²) in [4.78, 5) is 30.4. The van der Waals surface area contributed by atoms with E-state index in [1.54, 1.807) is 17.0 Å². The number of carbonyl (C=O) groups is 1. The number of carbonyl (C=O) groups excluding carboxylic acids is 1. The van der Waals surface area contributed by atoms with E-state index in [0.29, 0.717) is 47.5 Å². The first-order chi connectivity index (χ1) is 20.0. The van der Waals surface area contributed by atoms with E-state index < -0.39 is 5.82 Å². The number of likely N-dealkylation sites (N-methyl/N-ethyl adjacent to an activating group) is 1. The summed E-state index contributed by atoms with van der Waals surface area (Å²) in [6.45, 7) is 12.1. The lowest BCUT2D eigenvalue weighted by Gasteiger charge is -2.45. The quantitative estimate of drug-likeness (QED) is 0.183. The molecule has 2 aliphatic heterocycles. The highest BCUT2D eigenvalue weighted by Gasteiger charge is 2.36. The highest BCUT2D eigenvalue weighted by atomic mass is 35.5. The highest BCUT2D eigenvalue weighted by molar-refractivity contribution is 6.34. The summed E-state index contributed by atoms with van der Waals surface area (Å²) in [6.07, 6.45) is 2.49. The molecule has 222 valence electrons. The van der Waals surface area contributed by atoms with Gasteiger partial charge in [0.25, 0.3) is 0 Å². The molecule has 1 amide bonds. The molecule has 0 saturated carbocycles. The fourth-order valence-corrected chi connectivity index (χ4v) is 5.93. The molecule has 3 aromatic rings. The maximum Gasteiger partial charge on any atom is 0.246 e. The number of rotatable bonds is 7. The molecule has 0 bridgehead atoms. The SMILES string of the molecule is C=CC(=O)N1C[C@H](C)N(c2nc(N3CC(N(C)C)C3)nc3c(F)c(-c4cc(N/N=C/N)ccc4C)c(Cl)cc23)C[C@H]1C. The monoisotopic (exact) mass is 593 g/mol. The number of fused-ring (bicyclic) bond motifs is 1. The molecule has 2 aliphatic rings. The number of aryl methyl sites for hydroxylation is 1. The van der Waals surface area contributed by atoms with Crippen LogP contribution in [-0.4, -0.2) is 90.4 Å². The average molecular weight is 594 g/mol. The zero-order valence-electron chi connectivity index (χ0n) is 24.6. The van der Waals surface area contributed by atoms with E-state index in [1.807, 2.05) is 47.0 Å². The van der Waals surface area contributed by atoms with Gasteiger partial charge in [0.05, 0.1) is 10.7 Å². The van der Waals surface area contributed by atoms with Gasteiger partial charge >= 0.3 is 0 Å². The molecule has 0 radical (unpaired) electrons. The molecule has 0 unspecified atom stereocenters. The van der Waals surface area contributed by atoms with Gasteiger partial charge in [0, 0.05) is 55.3 Å². The molecule has 0 aliphatic carbocycles. The second-order valence-corrected chi connectivity index (χ2v) is 11.7. The van der Waals surface area contributed by atoms with E-state index in [1.165, 1.54) is 6.08 Å². The Morgan fingerprint density at radius 3 is 2.60 bits per heavy atom. The highest BCUT2D eigenvalue weighted by Crippen LogP contribution is 2.41. The van der Waals surface area contributed by atoms with Crippen LogP contribution in [0.4, 0.5) is 21.8 Å². The standard InChI is InChI=1S/C30H37ClFN9O/c1-7-25(42)40-12-19(4)41(13-18(40)3)29-23-11-24(31)26(22-10-20(37-34-16-33)9-8-17(22)2)27(32)28(23)35-30(36-29)39-14-21(15-39)38(5)6/h7-11,16,18-19,21,37H,1,12-15H2,2-6H3,(H2,33,34)/t18-,19+/m1/s1. The Hall–Kier alpha value is -3.96. The summed E-state index contributed by atoms with van der Waals surface area (Å²) >= 11 is 6.86. The van der Waals surface area contributed by atoms with E-state index in [4.69, 9.17) is 27.3 Å². The third-order valence-electron chi connectivity index (χ3n) is 8.22. The third kappa shape index (κ3) is 5.34. The topological polar surface area (TPSA) is 106 Å². The summed E-state index contributed by atoms with van der Waals surface area (Å²) in [5, 5.41) is 4.65. The molecule has 2 aromatic carbocycles. The molecule has 5 rings (SSSR count). The Balaban J connectivity index is 1.66. The van der Waals surface area contributed by atoms with Gasteiger partial charge in [-0.15, -0.1) is 0 Å². The molecular formula is C30H37ClFN9O. The smallest absolute Gasteiger partial charge is 0.246 e. The summed E-state index contributed by atoms with van der Waals surface area (Å²) < 4.78 is 16.7. The number of amides is 1. The molecule has 0 spiro atoms. The van der Waals surface area contributed by atoms with Crippen LogP contribution in [0.2, 0.25) is 5.02 Å². The Labute approximate surface area is 250 Å². The predicted molar refractivity (Wildman–Crippen MR) is 169 cm³/mol. The van der Waals surface area contributed by atoms with Crippen molar-refractivity contribution in [3.05, 3.63) is 53.3 Å². The lowest BCUT2D eigenvalue weighted by molar-refractivity contribution is -0.128. The molecule has 2 atom stereocenters. The average Bonchev–Trinajstić information content (AvgIpc) is 2.93. The van der Waals surface area contributed by atoms with E-state index in [2.05, 4.69) is 31.8 Å². The van der Waals surface area contributed by atoms with Crippen LogP contribution < -0.4 is 21.0 Å². The van der Waals surface area contributed by atoms with Crippen molar-refractivity contribution in [1.82, 2.24) is 19.8 Å². The van der Waals surface area contributed by atoms with Gasteiger partial charge in [-0.1, -0.05) is 24.2 Å². The largest absolute Gasteiger partial charge is 0.388 e. The first-order valence-electron chi connectivity index (χ1n) is 13.9. The van der Waals surface area contributed by atoms with Crippen molar-refractivity contribution in [2.24, 2.45) is 10.8 Å². The number of nitrogens with one attached hydrogen (secondary N) is 1. The van der Waals surface area contributed by atoms with E-state index in [-0.39, 0.29) is 34.1 Å². The van der Waals surface area contributed by atoms with Gasteiger partial charge in [-0.3, -0.25) is 10.2 Å². The second kappa shape index (κ2) is 11.7. The van der Waals surface area contributed by atoms with Gasteiger partial charge in [0.1, 0.15) is 17.7 Å². The van der Waals surface area contributed by atoms with Crippen LogP contribution in [-0.2, 0) is 4.79 Å². The number of hydrogen-bond acceptors (Lipinski definition) is 8. The molecule has 2 saturated heterocycles. The minimum absolute atomic E-state index is 0.0865. The Kier molecular flexibility index (Phi) is 8.25. The van der Waals surface area contributed by atoms with Gasteiger partial charge in [0.2, 0.25) is 11.9 Å². The van der Waals surface area contributed by atoms with E-state index in [9.17, 15) is 4.79 Å². The first kappa shape index (κ1) is 29.5. The number of aromatic nitrogens is 2. The van der Waals surface area contributed by atoms with Crippen molar-refractivity contribution >= 4 is 52.2 Å². The molecule has 42 heavy (non-hydrogen) atoms. The Morgan fingerprint density at radius 2 is 1.93 bits per heavy atom. The number of hydrazone groups is 1. The number of piperazine rings is 1. The van der Waals surface area contributed by atoms with Crippen molar-refractivity contribution in [3.63, 3.8) is 0 Å². The third-order valence-corrected chi connectivity index (χ3v) is 8.52. The summed E-state index contributed by atoms with van der Waals surface area (Å²) in [7, 11) is 4.08. The number of hydrogen-bond donors (Lipinski definition) is 2. The van der Waals surface area contributed by atoms with Crippen LogP contribution in [0.1, 0.15) is 19.4 Å². The minimum Gasteiger partial charge on any atom is -0.388 e. The number of nitrogens with two attached hydrogens (primary N) is 1. The van der Waals surface area contributed by atoms with Crippen LogP contribution in [0.15, 0.2) is 42.0 Å². The minimum atomic E-state index is -0.518. The van der Waals surface area contributed by atoms with Gasteiger partial charge in [-0.2, -0.15) is 10.1 Å². The molecule has 2 fully saturated rings. The lowest BCUT2D eigenvalue weighted by Crippen LogP contribution is -2.59. The second-order valence-electron chi connectivity index (χ2n) is 11.3. The van der Waals surface area contributed by atoms with Crippen LogP contribution in [0.5, 0.6) is 0 Å². The number of anilines is 3. The maximum absolute atomic E-state index is 16.7. The van der Waals surface area contributed by atoms with Crippen molar-refractivity contribution in [2.75, 3.05) is 55.5 Å². The fraction of sp³-hybridized carbons (Fsp3) is 0.400. The van der Waals surface area contributed by atoms with Crippen molar-refractivity contribution in [2.45, 2.75) is 38.9 Å². The van der Waals surface area contributed by atoms with Gasteiger partial charge in [-0.05, 0) is 70.3 Å². The molecule has 12 heteroatoms. The van der Waals surface area contributed by atoms with Crippen LogP contribution in [0, 0.1) is 12.7 Å². The number of benzene rings is 2. The van der Waals surface area contributed by atoms with Crippen molar-refractivity contribution < 1.29 is 9.18 Å². The van der Waals surface area contributed by atoms with Crippen LogP contribution in [0.25, 0.3) is 22.0 Å². The first-order valence-corrected chi connectivity index (χ1v) is 14.3. The van der Waals surface area contributed by atoms with Gasteiger partial charge < -0.3 is 25.3 Å². The summed E-state index contributed by atoms with van der Waals surface area (Å²) in [5.74, 6) is 0.443. The maximum atomic E-state index is 16.7. The van der Waals surface area contributed by atoms with Crippen molar-refractivity contribution in [3.8, 4) is 11.1 Å². The lowest BCUT2D eigenvalue weighted by atomic mass is 9.97. The van der Waals surface area contributed by atoms with Crippen LogP contribution >= 0.6 is 11.6 Å². The molecular weight excluding hydrogens is 557 g/mol.